The van der Waals surface area contributed by atoms with Gasteiger partial charge >= 0.3 is 11.9 Å². The van der Waals surface area contributed by atoms with E-state index in [0.29, 0.717) is 23.6 Å². The molecule has 0 unspecified atom stereocenters. The molecule has 38 heavy (non-hydrogen) atoms. The van der Waals surface area contributed by atoms with Crippen molar-refractivity contribution in [3.05, 3.63) is 81.1 Å². The first-order valence-corrected chi connectivity index (χ1v) is 12.9. The van der Waals surface area contributed by atoms with Gasteiger partial charge in [-0.25, -0.2) is 14.2 Å². The summed E-state index contributed by atoms with van der Waals surface area (Å²) in [4.78, 5) is 44.6. The van der Waals surface area contributed by atoms with Crippen LogP contribution in [-0.4, -0.2) is 41.0 Å². The molecular formula is C28H27FN2O6S. The number of anilines is 1. The number of halogens is 1. The van der Waals surface area contributed by atoms with Crippen LogP contribution in [0.15, 0.2) is 48.0 Å². The third-order valence-corrected chi connectivity index (χ3v) is 7.14. The lowest BCUT2D eigenvalue weighted by Crippen LogP contribution is -2.29. The number of hydrogen-bond acceptors (Lipinski definition) is 8. The number of carbonyl (C=O) groups excluding carboxylic acids is 3. The fourth-order valence-electron chi connectivity index (χ4n) is 4.22. The normalized spacial score (nSPS) is 16.7. The molecule has 0 saturated carbocycles. The van der Waals surface area contributed by atoms with Gasteiger partial charge in [0.15, 0.2) is 5.13 Å². The van der Waals surface area contributed by atoms with Crippen molar-refractivity contribution in [2.45, 2.75) is 40.2 Å². The maximum atomic E-state index is 15.1. The number of amides is 1. The Labute approximate surface area is 223 Å². The van der Waals surface area contributed by atoms with E-state index in [9.17, 15) is 19.5 Å². The van der Waals surface area contributed by atoms with Crippen molar-refractivity contribution < 1.29 is 33.4 Å². The standard InChI is InChI=1S/C28H27FN2O6S/c1-5-13-37-20-12-11-17(14-15(20)3)23(32)21-22(18-9-7-8-10-19(18)29)31(26(34)24(21)33)28-30-16(4)25(38-28)27(35)36-6-2/h7-12,14,22,32H,5-6,13H2,1-4H3/t22-/m1/s1. The predicted molar refractivity (Wildman–Crippen MR) is 141 cm³/mol. The molecule has 4 rings (SSSR count). The minimum atomic E-state index is -1.31. The number of aryl methyl sites for hydroxylation is 2. The van der Waals surface area contributed by atoms with Gasteiger partial charge in [-0.1, -0.05) is 36.5 Å². The number of benzene rings is 2. The van der Waals surface area contributed by atoms with E-state index in [1.165, 1.54) is 18.2 Å². The van der Waals surface area contributed by atoms with Gasteiger partial charge in [0.05, 0.1) is 24.5 Å². The predicted octanol–water partition coefficient (Wildman–Crippen LogP) is 5.49. The van der Waals surface area contributed by atoms with Crippen LogP contribution >= 0.6 is 11.3 Å². The van der Waals surface area contributed by atoms with Crippen molar-refractivity contribution in [3.63, 3.8) is 0 Å². The van der Waals surface area contributed by atoms with Gasteiger partial charge in [0.1, 0.15) is 28.2 Å². The van der Waals surface area contributed by atoms with Crippen LogP contribution in [0.25, 0.3) is 5.76 Å². The molecule has 0 radical (unpaired) electrons. The second-order valence-electron chi connectivity index (χ2n) is 8.65. The first-order chi connectivity index (χ1) is 18.2. The summed E-state index contributed by atoms with van der Waals surface area (Å²) in [6.45, 7) is 7.68. The molecule has 0 spiro atoms. The van der Waals surface area contributed by atoms with Crippen molar-refractivity contribution in [2.24, 2.45) is 0 Å². The van der Waals surface area contributed by atoms with Gasteiger partial charge in [-0.15, -0.1) is 0 Å². The summed E-state index contributed by atoms with van der Waals surface area (Å²) in [7, 11) is 0. The van der Waals surface area contributed by atoms with E-state index in [1.54, 1.807) is 45.0 Å². The highest BCUT2D eigenvalue weighted by atomic mass is 32.1. The topological polar surface area (TPSA) is 106 Å². The molecule has 1 aromatic heterocycles. The van der Waals surface area contributed by atoms with Gasteiger partial charge in [-0.2, -0.15) is 0 Å². The fourth-order valence-corrected chi connectivity index (χ4v) is 5.21. The van der Waals surface area contributed by atoms with Crippen LogP contribution in [-0.2, 0) is 14.3 Å². The lowest BCUT2D eigenvalue weighted by molar-refractivity contribution is -0.132. The van der Waals surface area contributed by atoms with Crippen molar-refractivity contribution in [2.75, 3.05) is 18.1 Å². The number of Topliss-reactive ketones (excluding diaryl/α,β-unsaturated/α-hetero) is 1. The van der Waals surface area contributed by atoms with Crippen LogP contribution in [0.4, 0.5) is 9.52 Å². The largest absolute Gasteiger partial charge is 0.507 e. The summed E-state index contributed by atoms with van der Waals surface area (Å²) in [5.74, 6) is -3.11. The van der Waals surface area contributed by atoms with Crippen LogP contribution in [0.2, 0.25) is 0 Å². The van der Waals surface area contributed by atoms with E-state index < -0.39 is 35.3 Å². The summed E-state index contributed by atoms with van der Waals surface area (Å²) in [5, 5.41) is 11.3. The third kappa shape index (κ3) is 4.91. The van der Waals surface area contributed by atoms with Gasteiger partial charge in [-0.05, 0) is 57.0 Å². The molecule has 3 aromatic rings. The molecule has 0 aliphatic carbocycles. The molecular weight excluding hydrogens is 511 g/mol. The minimum Gasteiger partial charge on any atom is -0.507 e. The zero-order valence-corrected chi connectivity index (χ0v) is 22.2. The Kier molecular flexibility index (Phi) is 7.91. The fraction of sp³-hybridized carbons (Fsp3) is 0.286. The number of aromatic nitrogens is 1. The van der Waals surface area contributed by atoms with Gasteiger partial charge < -0.3 is 14.6 Å². The number of ketones is 1. The Hall–Kier alpha value is -4.05. The molecule has 1 N–H and O–H groups in total. The number of rotatable bonds is 8. The minimum absolute atomic E-state index is 0.00147. The van der Waals surface area contributed by atoms with Crippen molar-refractivity contribution in [1.82, 2.24) is 4.98 Å². The summed E-state index contributed by atoms with van der Waals surface area (Å²) < 4.78 is 25.9. The number of aliphatic hydroxyl groups is 1. The van der Waals surface area contributed by atoms with Crippen LogP contribution < -0.4 is 9.64 Å². The average molecular weight is 539 g/mol. The summed E-state index contributed by atoms with van der Waals surface area (Å²) in [6, 6.07) is 9.26. The van der Waals surface area contributed by atoms with E-state index in [0.717, 1.165) is 22.7 Å². The Morgan fingerprint density at radius 2 is 1.89 bits per heavy atom. The maximum Gasteiger partial charge on any atom is 0.350 e. The van der Waals surface area contributed by atoms with Gasteiger partial charge in [0.25, 0.3) is 5.78 Å². The van der Waals surface area contributed by atoms with Crippen LogP contribution in [0, 0.1) is 19.7 Å². The van der Waals surface area contributed by atoms with Gasteiger partial charge in [0, 0.05) is 11.1 Å². The molecule has 1 fully saturated rings. The highest BCUT2D eigenvalue weighted by molar-refractivity contribution is 7.17. The quantitative estimate of drug-likeness (QED) is 0.175. The van der Waals surface area contributed by atoms with E-state index in [4.69, 9.17) is 9.47 Å². The Balaban J connectivity index is 1.88. The van der Waals surface area contributed by atoms with Crippen LogP contribution in [0.1, 0.15) is 58.4 Å². The number of hydrogen-bond donors (Lipinski definition) is 1. The highest BCUT2D eigenvalue weighted by Crippen LogP contribution is 2.44. The number of ether oxygens (including phenoxy) is 2. The SMILES string of the molecule is CCCOc1ccc(C(O)=C2C(=O)C(=O)N(c3nc(C)c(C(=O)OCC)s3)[C@@H]2c2ccccc2F)cc1C. The molecule has 1 saturated heterocycles. The number of aliphatic hydroxyl groups excluding tert-OH is 1. The first kappa shape index (κ1) is 27.0. The second-order valence-corrected chi connectivity index (χ2v) is 9.63. The number of nitrogens with zero attached hydrogens (tertiary/aromatic N) is 2. The maximum absolute atomic E-state index is 15.1. The number of carbonyl (C=O) groups is 3. The molecule has 198 valence electrons. The molecule has 1 amide bonds. The monoisotopic (exact) mass is 538 g/mol. The molecule has 2 aromatic carbocycles. The Morgan fingerprint density at radius 1 is 1.16 bits per heavy atom. The van der Waals surface area contributed by atoms with Crippen molar-refractivity contribution in [3.8, 4) is 5.75 Å². The molecule has 0 bridgehead atoms. The summed E-state index contributed by atoms with van der Waals surface area (Å²) >= 11 is 0.860. The highest BCUT2D eigenvalue weighted by Gasteiger charge is 2.49. The smallest absolute Gasteiger partial charge is 0.350 e. The van der Waals surface area contributed by atoms with Crippen LogP contribution in [0.3, 0.4) is 0 Å². The zero-order valence-electron chi connectivity index (χ0n) is 21.4. The Bertz CT molecular complexity index is 1450. The second kappa shape index (κ2) is 11.1. The van der Waals surface area contributed by atoms with Crippen LogP contribution in [0.5, 0.6) is 5.75 Å². The first-order valence-electron chi connectivity index (χ1n) is 12.1. The van der Waals surface area contributed by atoms with Gasteiger partial charge in [-0.3, -0.25) is 14.5 Å². The average Bonchev–Trinajstić information content (AvgIpc) is 3.40. The third-order valence-electron chi connectivity index (χ3n) is 6.01. The molecule has 1 atom stereocenters. The summed E-state index contributed by atoms with van der Waals surface area (Å²) in [5.41, 5.74) is 1.00. The number of thiazole rings is 1. The molecule has 10 heteroatoms. The van der Waals surface area contributed by atoms with E-state index in [1.807, 2.05) is 6.92 Å². The van der Waals surface area contributed by atoms with E-state index in [2.05, 4.69) is 4.98 Å². The zero-order chi connectivity index (χ0) is 27.6. The van der Waals surface area contributed by atoms with Crippen molar-refractivity contribution in [1.29, 1.82) is 0 Å². The lowest BCUT2D eigenvalue weighted by atomic mass is 9.94. The molecule has 2 heterocycles. The van der Waals surface area contributed by atoms with E-state index in [-0.39, 0.29) is 33.3 Å². The van der Waals surface area contributed by atoms with Crippen molar-refractivity contribution >= 4 is 39.9 Å². The molecule has 1 aliphatic heterocycles. The Morgan fingerprint density at radius 3 is 2.55 bits per heavy atom. The van der Waals surface area contributed by atoms with E-state index >= 15 is 4.39 Å². The summed E-state index contributed by atoms with van der Waals surface area (Å²) in [6.07, 6.45) is 0.821. The number of esters is 1. The van der Waals surface area contributed by atoms with Gasteiger partial charge in [0.2, 0.25) is 0 Å². The lowest BCUT2D eigenvalue weighted by Gasteiger charge is -2.23. The molecule has 8 nitrogen and oxygen atoms in total. The molecule has 1 aliphatic rings.